The molecule has 1 aromatic rings. The van der Waals surface area contributed by atoms with Gasteiger partial charge in [0.05, 0.1) is 6.61 Å². The van der Waals surface area contributed by atoms with Gasteiger partial charge >= 0.3 is 0 Å². The number of hydrogen-bond acceptors (Lipinski definition) is 2. The summed E-state index contributed by atoms with van der Waals surface area (Å²) in [6.45, 7) is 11.8. The second kappa shape index (κ2) is 6.92. The minimum absolute atomic E-state index is 0. The highest BCUT2D eigenvalue weighted by atomic mass is 16.5. The van der Waals surface area contributed by atoms with E-state index in [1.807, 2.05) is 12.1 Å². The van der Waals surface area contributed by atoms with E-state index in [1.54, 1.807) is 0 Å². The number of nitrogens with one attached hydrogen (secondary N) is 1. The quantitative estimate of drug-likeness (QED) is 0.885. The van der Waals surface area contributed by atoms with E-state index >= 15 is 0 Å². The zero-order chi connectivity index (χ0) is 13.8. The van der Waals surface area contributed by atoms with Gasteiger partial charge in [0.15, 0.2) is 0 Å². The van der Waals surface area contributed by atoms with E-state index in [2.05, 4.69) is 46.8 Å². The summed E-state index contributed by atoms with van der Waals surface area (Å²) < 4.78 is 5.37. The van der Waals surface area contributed by atoms with Gasteiger partial charge in [-0.3, -0.25) is 0 Å². The minimum Gasteiger partial charge on any atom is -0.491 e. The monoisotopic (exact) mass is 265 g/mol. The number of aliphatic hydroxyl groups excluding tert-OH is 1. The second-order valence-corrected chi connectivity index (χ2v) is 6.72. The molecule has 0 saturated heterocycles. The summed E-state index contributed by atoms with van der Waals surface area (Å²) in [5, 5.41) is 8.71. The van der Waals surface area contributed by atoms with Gasteiger partial charge in [0.25, 0.3) is 0 Å². The molecular formula is C16H27NO2. The van der Waals surface area contributed by atoms with Gasteiger partial charge in [-0.2, -0.15) is 6.15 Å². The van der Waals surface area contributed by atoms with Crippen molar-refractivity contribution < 1.29 is 9.84 Å². The van der Waals surface area contributed by atoms with Gasteiger partial charge in [0.1, 0.15) is 12.4 Å². The zero-order valence-electron chi connectivity index (χ0n) is 12.8. The lowest BCUT2D eigenvalue weighted by atomic mass is 9.72. The van der Waals surface area contributed by atoms with Crippen molar-refractivity contribution in [2.75, 3.05) is 13.2 Å². The highest BCUT2D eigenvalue weighted by molar-refractivity contribution is 5.31. The molecule has 1 rings (SSSR count). The summed E-state index contributed by atoms with van der Waals surface area (Å²) in [4.78, 5) is 0. The fraction of sp³-hybridized carbons (Fsp3) is 0.625. The van der Waals surface area contributed by atoms with E-state index in [1.165, 1.54) is 5.56 Å². The fourth-order valence-corrected chi connectivity index (χ4v) is 2.59. The van der Waals surface area contributed by atoms with Crippen LogP contribution in [0.5, 0.6) is 5.75 Å². The van der Waals surface area contributed by atoms with Crippen LogP contribution < -0.4 is 10.9 Å². The van der Waals surface area contributed by atoms with Gasteiger partial charge < -0.3 is 9.84 Å². The lowest BCUT2D eigenvalue weighted by molar-refractivity contribution is 0.201. The van der Waals surface area contributed by atoms with Gasteiger partial charge in [-0.1, -0.05) is 46.8 Å². The van der Waals surface area contributed by atoms with Crippen LogP contribution in [0.4, 0.5) is 0 Å². The molecule has 108 valence electrons. The van der Waals surface area contributed by atoms with E-state index in [0.717, 1.165) is 12.2 Å². The Morgan fingerprint density at radius 3 is 1.95 bits per heavy atom. The first-order valence-corrected chi connectivity index (χ1v) is 6.59. The van der Waals surface area contributed by atoms with Crippen LogP contribution in [0.2, 0.25) is 0 Å². The molecule has 19 heavy (non-hydrogen) atoms. The van der Waals surface area contributed by atoms with Crippen LogP contribution in [-0.4, -0.2) is 18.3 Å². The van der Waals surface area contributed by atoms with Gasteiger partial charge in [0.2, 0.25) is 0 Å². The summed E-state index contributed by atoms with van der Waals surface area (Å²) in [6.07, 6.45) is 1.14. The number of aliphatic hydroxyl groups is 1. The number of ether oxygens (including phenoxy) is 1. The van der Waals surface area contributed by atoms with Gasteiger partial charge in [-0.15, -0.1) is 0 Å². The van der Waals surface area contributed by atoms with Gasteiger partial charge in [-0.25, -0.2) is 0 Å². The van der Waals surface area contributed by atoms with Crippen molar-refractivity contribution in [1.29, 1.82) is 0 Å². The summed E-state index contributed by atoms with van der Waals surface area (Å²) in [5.41, 5.74) is 1.80. The normalized spacial score (nSPS) is 11.9. The predicted octanol–water partition coefficient (Wildman–Crippen LogP) is 3.51. The standard InChI is InChI=1S/C16H26O2.HN/c1-15(2,3)12-16(4,5)13-6-8-14(9-7-13)18-11-10-17;/h6-9,17H,10-12H2,1-5H3;1H. The predicted molar refractivity (Wildman–Crippen MR) is 79.2 cm³/mol. The molecule has 0 aliphatic rings. The van der Waals surface area contributed by atoms with Crippen LogP contribution >= 0.6 is 0 Å². The third kappa shape index (κ3) is 6.08. The fourth-order valence-electron chi connectivity index (χ4n) is 2.59. The molecule has 3 heteroatoms. The Balaban J connectivity index is 0.00000324. The van der Waals surface area contributed by atoms with Crippen molar-refractivity contribution in [2.45, 2.75) is 46.5 Å². The molecule has 0 amide bonds. The Morgan fingerprint density at radius 2 is 1.53 bits per heavy atom. The van der Waals surface area contributed by atoms with E-state index in [4.69, 9.17) is 9.84 Å². The Hall–Kier alpha value is -1.06. The first-order chi connectivity index (χ1) is 8.24. The van der Waals surface area contributed by atoms with E-state index in [0.29, 0.717) is 12.0 Å². The summed E-state index contributed by atoms with van der Waals surface area (Å²) >= 11 is 0. The largest absolute Gasteiger partial charge is 0.491 e. The number of hydrogen-bond donors (Lipinski definition) is 1. The van der Waals surface area contributed by atoms with Crippen LogP contribution in [0.25, 0.3) is 0 Å². The molecule has 2 N–H and O–H groups in total. The lowest BCUT2D eigenvalue weighted by Gasteiger charge is -2.33. The Kier molecular flexibility index (Phi) is 6.53. The molecule has 0 aromatic heterocycles. The number of benzene rings is 1. The molecule has 0 spiro atoms. The van der Waals surface area contributed by atoms with Crippen molar-refractivity contribution in [2.24, 2.45) is 5.41 Å². The van der Waals surface area contributed by atoms with Crippen LogP contribution in [0.1, 0.15) is 46.6 Å². The molecule has 0 saturated carbocycles. The van der Waals surface area contributed by atoms with Crippen molar-refractivity contribution >= 4 is 0 Å². The van der Waals surface area contributed by atoms with Crippen molar-refractivity contribution in [1.82, 2.24) is 6.15 Å². The molecule has 0 atom stereocenters. The third-order valence-corrected chi connectivity index (χ3v) is 2.97. The summed E-state index contributed by atoms with van der Waals surface area (Å²) in [7, 11) is 0. The zero-order valence-corrected chi connectivity index (χ0v) is 12.8. The molecule has 0 fully saturated rings. The Labute approximate surface area is 117 Å². The van der Waals surface area contributed by atoms with E-state index in [-0.39, 0.29) is 18.2 Å². The lowest BCUT2D eigenvalue weighted by Crippen LogP contribution is -2.24. The highest BCUT2D eigenvalue weighted by Crippen LogP contribution is 2.36. The molecular weight excluding hydrogens is 238 g/mol. The summed E-state index contributed by atoms with van der Waals surface area (Å²) in [6, 6.07) is 8.21. The topological polar surface area (TPSA) is 61.5 Å². The van der Waals surface area contributed by atoms with E-state index < -0.39 is 0 Å². The highest BCUT2D eigenvalue weighted by Gasteiger charge is 2.27. The average molecular weight is 265 g/mol. The second-order valence-electron chi connectivity index (χ2n) is 6.72. The van der Waals surface area contributed by atoms with Crippen LogP contribution in [0.15, 0.2) is 24.3 Å². The maximum absolute atomic E-state index is 8.71. The SMILES string of the molecule is CC(C)(C)CC(C)(C)c1ccc(OCCO)cc1.[NH]. The van der Waals surface area contributed by atoms with Crippen molar-refractivity contribution in [3.8, 4) is 5.75 Å². The van der Waals surface area contributed by atoms with Gasteiger partial charge in [0, 0.05) is 0 Å². The van der Waals surface area contributed by atoms with Crippen molar-refractivity contribution in [3.05, 3.63) is 29.8 Å². The average Bonchev–Trinajstić information content (AvgIpc) is 2.23. The molecule has 1 aromatic carbocycles. The molecule has 0 unspecified atom stereocenters. The van der Waals surface area contributed by atoms with Crippen molar-refractivity contribution in [3.63, 3.8) is 0 Å². The molecule has 0 aliphatic carbocycles. The molecule has 0 aliphatic heterocycles. The first-order valence-electron chi connectivity index (χ1n) is 6.59. The van der Waals surface area contributed by atoms with Crippen LogP contribution in [-0.2, 0) is 5.41 Å². The maximum atomic E-state index is 8.71. The first kappa shape index (κ1) is 17.9. The van der Waals surface area contributed by atoms with Crippen LogP contribution in [0.3, 0.4) is 0 Å². The molecule has 0 heterocycles. The smallest absolute Gasteiger partial charge is 0.119 e. The third-order valence-electron chi connectivity index (χ3n) is 2.97. The Bertz CT molecular complexity index is 363. The summed E-state index contributed by atoms with van der Waals surface area (Å²) in [5.74, 6) is 0.819. The van der Waals surface area contributed by atoms with E-state index in [9.17, 15) is 0 Å². The number of rotatable bonds is 5. The molecule has 3 nitrogen and oxygen atoms in total. The molecule has 0 bridgehead atoms. The minimum atomic E-state index is 0. The Morgan fingerprint density at radius 1 is 1.00 bits per heavy atom. The van der Waals surface area contributed by atoms with Gasteiger partial charge in [-0.05, 0) is 34.9 Å². The maximum Gasteiger partial charge on any atom is 0.119 e. The molecule has 2 radical (unpaired) electrons. The van der Waals surface area contributed by atoms with Crippen LogP contribution in [0, 0.1) is 5.41 Å².